The van der Waals surface area contributed by atoms with Crippen LogP contribution < -0.4 is 10.9 Å². The molecule has 8 heteroatoms. The third-order valence-corrected chi connectivity index (χ3v) is 4.81. The van der Waals surface area contributed by atoms with E-state index in [2.05, 4.69) is 28.9 Å². The van der Waals surface area contributed by atoms with E-state index in [0.717, 1.165) is 74.4 Å². The highest BCUT2D eigenvalue weighted by molar-refractivity contribution is 5.89. The number of aliphatic imine (C=N–C) groups is 2. The van der Waals surface area contributed by atoms with E-state index in [9.17, 15) is 5.21 Å². The summed E-state index contributed by atoms with van der Waals surface area (Å²) in [7, 11) is 1.96. The summed E-state index contributed by atoms with van der Waals surface area (Å²) in [6.07, 6.45) is 13.4. The van der Waals surface area contributed by atoms with Gasteiger partial charge in [-0.25, -0.2) is 5.01 Å². The Kier molecular flexibility index (Phi) is 9.43. The minimum absolute atomic E-state index is 0.692. The Labute approximate surface area is 174 Å². The van der Waals surface area contributed by atoms with Crippen LogP contribution in [0.15, 0.2) is 50.4 Å². The molecule has 3 N–H and O–H groups in total. The molecule has 2 rings (SSSR count). The second-order valence-electron chi connectivity index (χ2n) is 7.27. The molecule has 2 heterocycles. The topological polar surface area (TPSA) is 87.8 Å². The zero-order valence-electron chi connectivity index (χ0n) is 18.1. The predicted octanol–water partition coefficient (Wildman–Crippen LogP) is 3.57. The van der Waals surface area contributed by atoms with Crippen LogP contribution in [0, 0.1) is 0 Å². The van der Waals surface area contributed by atoms with E-state index >= 15 is 0 Å². The SMILES string of the molecule is CCC/C=C1\C(NO)=C(C)C=CN1/N=C(\C)CCC1=NCCCCN=CNN1C. The summed E-state index contributed by atoms with van der Waals surface area (Å²) in [5.41, 5.74) is 9.03. The minimum Gasteiger partial charge on any atom is -0.291 e. The van der Waals surface area contributed by atoms with Crippen molar-refractivity contribution in [2.75, 3.05) is 20.1 Å². The molecule has 0 atom stereocenters. The zero-order valence-corrected chi connectivity index (χ0v) is 18.1. The Morgan fingerprint density at radius 2 is 2.17 bits per heavy atom. The van der Waals surface area contributed by atoms with Gasteiger partial charge in [-0.1, -0.05) is 19.4 Å². The average molecular weight is 402 g/mol. The molecule has 0 aromatic heterocycles. The van der Waals surface area contributed by atoms with Gasteiger partial charge < -0.3 is 0 Å². The molecule has 160 valence electrons. The lowest BCUT2D eigenvalue weighted by molar-refractivity contribution is 0.196. The number of amidine groups is 1. The first-order valence-electron chi connectivity index (χ1n) is 10.4. The van der Waals surface area contributed by atoms with E-state index in [-0.39, 0.29) is 0 Å². The van der Waals surface area contributed by atoms with Crippen molar-refractivity contribution in [2.24, 2.45) is 15.1 Å². The molecular weight excluding hydrogens is 366 g/mol. The number of unbranched alkanes of at least 4 members (excludes halogenated alkanes) is 1. The Hall–Kier alpha value is -2.61. The number of hydroxylamine groups is 1. The van der Waals surface area contributed by atoms with Crippen LogP contribution in [0.1, 0.15) is 59.3 Å². The first-order chi connectivity index (χ1) is 14.1. The molecule has 0 spiro atoms. The summed E-state index contributed by atoms with van der Waals surface area (Å²) in [6.45, 7) is 7.78. The van der Waals surface area contributed by atoms with Gasteiger partial charge in [0.25, 0.3) is 0 Å². The lowest BCUT2D eigenvalue weighted by atomic mass is 10.1. The zero-order chi connectivity index (χ0) is 21.1. The van der Waals surface area contributed by atoms with Crippen molar-refractivity contribution in [1.29, 1.82) is 0 Å². The lowest BCUT2D eigenvalue weighted by Crippen LogP contribution is -2.39. The quantitative estimate of drug-likeness (QED) is 0.448. The Morgan fingerprint density at radius 1 is 1.38 bits per heavy atom. The standard InChI is InChI=1S/C21H35N7O/c1-5-6-9-19-21(26-29)17(2)12-15-28(19)25-18(3)10-11-20-23-14-8-7-13-22-16-24-27(20)4/h9,12,15-16,26,29H,5-8,10-11,13-14H2,1-4H3,(H,22,24)/b19-9+,23-20?,25-18+. The van der Waals surface area contributed by atoms with Crippen molar-refractivity contribution in [2.45, 2.75) is 59.3 Å². The normalized spacial score (nSPS) is 20.1. The molecule has 0 unspecified atom stereocenters. The summed E-state index contributed by atoms with van der Waals surface area (Å²) < 4.78 is 0. The average Bonchev–Trinajstić information content (AvgIpc) is 2.71. The van der Waals surface area contributed by atoms with Gasteiger partial charge in [-0.2, -0.15) is 5.10 Å². The van der Waals surface area contributed by atoms with Crippen LogP contribution in [0.25, 0.3) is 0 Å². The van der Waals surface area contributed by atoms with Crippen molar-refractivity contribution in [1.82, 2.24) is 20.9 Å². The molecule has 0 bridgehead atoms. The highest BCUT2D eigenvalue weighted by Gasteiger charge is 2.18. The number of hydrogen-bond acceptors (Lipinski definition) is 8. The summed E-state index contributed by atoms with van der Waals surface area (Å²) in [5, 5.41) is 18.1. The van der Waals surface area contributed by atoms with Crippen molar-refractivity contribution in [3.8, 4) is 0 Å². The number of hydrogen-bond donors (Lipinski definition) is 3. The number of nitrogens with zero attached hydrogens (tertiary/aromatic N) is 5. The van der Waals surface area contributed by atoms with Crippen LogP contribution in [-0.2, 0) is 0 Å². The largest absolute Gasteiger partial charge is 0.291 e. The smallest absolute Gasteiger partial charge is 0.117 e. The molecule has 2 aliphatic heterocycles. The highest BCUT2D eigenvalue weighted by atomic mass is 16.5. The van der Waals surface area contributed by atoms with Gasteiger partial charge in [0, 0.05) is 38.5 Å². The van der Waals surface area contributed by atoms with Crippen LogP contribution in [0.2, 0.25) is 0 Å². The fourth-order valence-electron chi connectivity index (χ4n) is 3.04. The van der Waals surface area contributed by atoms with Crippen molar-refractivity contribution >= 4 is 17.9 Å². The van der Waals surface area contributed by atoms with E-state index < -0.39 is 0 Å². The molecule has 0 radical (unpaired) electrons. The number of hydrazone groups is 1. The molecule has 0 aromatic carbocycles. The number of rotatable bonds is 7. The maximum Gasteiger partial charge on any atom is 0.117 e. The number of allylic oxidation sites excluding steroid dienone is 3. The number of nitrogens with one attached hydrogen (secondary N) is 2. The van der Waals surface area contributed by atoms with Gasteiger partial charge in [0.15, 0.2) is 0 Å². The Bertz CT molecular complexity index is 719. The first-order valence-corrected chi connectivity index (χ1v) is 10.4. The second-order valence-corrected chi connectivity index (χ2v) is 7.27. The Morgan fingerprint density at radius 3 is 2.93 bits per heavy atom. The molecule has 2 aliphatic rings. The molecule has 8 nitrogen and oxygen atoms in total. The van der Waals surface area contributed by atoms with Crippen LogP contribution in [0.4, 0.5) is 0 Å². The molecule has 0 amide bonds. The van der Waals surface area contributed by atoms with Crippen LogP contribution in [0.5, 0.6) is 0 Å². The van der Waals surface area contributed by atoms with Gasteiger partial charge >= 0.3 is 0 Å². The van der Waals surface area contributed by atoms with Crippen molar-refractivity contribution in [3.05, 3.63) is 35.3 Å². The van der Waals surface area contributed by atoms with Gasteiger partial charge in [-0.15, -0.1) is 0 Å². The van der Waals surface area contributed by atoms with Gasteiger partial charge in [0.05, 0.1) is 11.4 Å². The third-order valence-electron chi connectivity index (χ3n) is 4.81. The van der Waals surface area contributed by atoms with Crippen molar-refractivity contribution < 1.29 is 5.21 Å². The third kappa shape index (κ3) is 7.05. The molecule has 0 fully saturated rings. The summed E-state index contributed by atoms with van der Waals surface area (Å²) in [4.78, 5) is 9.09. The van der Waals surface area contributed by atoms with Gasteiger partial charge in [0.1, 0.15) is 12.2 Å². The van der Waals surface area contributed by atoms with Crippen LogP contribution in [0.3, 0.4) is 0 Å². The first kappa shape index (κ1) is 22.7. The highest BCUT2D eigenvalue weighted by Crippen LogP contribution is 2.24. The molecule has 0 aromatic rings. The van der Waals surface area contributed by atoms with Crippen LogP contribution in [-0.4, -0.2) is 53.2 Å². The molecule has 29 heavy (non-hydrogen) atoms. The van der Waals surface area contributed by atoms with E-state index in [1.165, 1.54) is 0 Å². The van der Waals surface area contributed by atoms with E-state index in [1.807, 2.05) is 43.2 Å². The van der Waals surface area contributed by atoms with Gasteiger partial charge in [-0.3, -0.25) is 31.1 Å². The fraction of sp³-hybridized carbons (Fsp3) is 0.571. The number of hydrazine groups is 1. The van der Waals surface area contributed by atoms with Gasteiger partial charge in [0.2, 0.25) is 0 Å². The maximum absolute atomic E-state index is 9.58. The monoisotopic (exact) mass is 401 g/mol. The summed E-state index contributed by atoms with van der Waals surface area (Å²) in [5.74, 6) is 0.997. The minimum atomic E-state index is 0.692. The van der Waals surface area contributed by atoms with Crippen molar-refractivity contribution in [3.63, 3.8) is 0 Å². The van der Waals surface area contributed by atoms with E-state index in [0.29, 0.717) is 5.70 Å². The predicted molar refractivity (Wildman–Crippen MR) is 120 cm³/mol. The van der Waals surface area contributed by atoms with Crippen LogP contribution >= 0.6 is 0 Å². The molecule has 0 saturated carbocycles. The molecule has 0 saturated heterocycles. The summed E-state index contributed by atoms with van der Waals surface area (Å²) in [6, 6.07) is 0. The van der Waals surface area contributed by atoms with E-state index in [4.69, 9.17) is 10.1 Å². The molecular formula is C21H35N7O. The second kappa shape index (κ2) is 12.1. The maximum atomic E-state index is 9.58. The van der Waals surface area contributed by atoms with Gasteiger partial charge in [-0.05, 0) is 51.2 Å². The Balaban J connectivity index is 2.08. The molecule has 0 aliphatic carbocycles. The lowest BCUT2D eigenvalue weighted by Gasteiger charge is -2.26. The van der Waals surface area contributed by atoms with E-state index in [1.54, 1.807) is 6.34 Å². The summed E-state index contributed by atoms with van der Waals surface area (Å²) >= 11 is 0. The fourth-order valence-corrected chi connectivity index (χ4v) is 3.04.